The first kappa shape index (κ1) is 12.4. The van der Waals surface area contributed by atoms with E-state index in [0.717, 1.165) is 5.92 Å². The molecule has 0 heterocycles. The maximum atomic E-state index is 2.80. The fourth-order valence-electron chi connectivity index (χ4n) is 1.40. The predicted molar refractivity (Wildman–Crippen MR) is 61.7 cm³/mol. The van der Waals surface area contributed by atoms with Gasteiger partial charge in [0, 0.05) is 0 Å². The Bertz CT molecular complexity index is 79.1. The van der Waals surface area contributed by atoms with E-state index in [1.54, 1.807) is 0 Å². The molecule has 0 rings (SSSR count). The molecule has 0 aromatic carbocycles. The van der Waals surface area contributed by atoms with Gasteiger partial charge >= 0.3 is 0 Å². The molecule has 0 fully saturated rings. The van der Waals surface area contributed by atoms with E-state index >= 15 is 0 Å². The molecule has 0 aromatic heterocycles. The minimum Gasteiger partial charge on any atom is -0.138 e. The summed E-state index contributed by atoms with van der Waals surface area (Å²) in [6.07, 6.45) is 11.3. The van der Waals surface area contributed by atoms with Crippen molar-refractivity contribution in [1.29, 1.82) is 0 Å². The first-order valence-electron chi connectivity index (χ1n) is 5.47. The van der Waals surface area contributed by atoms with Gasteiger partial charge in [0.15, 0.2) is 0 Å². The van der Waals surface area contributed by atoms with Crippen molar-refractivity contribution in [2.75, 3.05) is 6.16 Å². The molecular formula is C11H25P. The van der Waals surface area contributed by atoms with Gasteiger partial charge in [-0.1, -0.05) is 52.4 Å². The minimum absolute atomic E-state index is 0.900. The third kappa shape index (κ3) is 10.4. The molecule has 1 unspecified atom stereocenters. The van der Waals surface area contributed by atoms with Crippen molar-refractivity contribution >= 4 is 9.24 Å². The zero-order valence-corrected chi connectivity index (χ0v) is 9.97. The third-order valence-corrected chi connectivity index (χ3v) is 2.64. The van der Waals surface area contributed by atoms with Crippen molar-refractivity contribution < 1.29 is 0 Å². The molecule has 0 amide bonds. The highest BCUT2D eigenvalue weighted by molar-refractivity contribution is 7.16. The van der Waals surface area contributed by atoms with Crippen LogP contribution in [0, 0.1) is 5.92 Å². The number of hydrogen-bond acceptors (Lipinski definition) is 0. The quantitative estimate of drug-likeness (QED) is 0.394. The van der Waals surface area contributed by atoms with Gasteiger partial charge in [0.25, 0.3) is 0 Å². The van der Waals surface area contributed by atoms with E-state index in [-0.39, 0.29) is 0 Å². The highest BCUT2D eigenvalue weighted by Gasteiger charge is 1.93. The smallest absolute Gasteiger partial charge is 0.0381 e. The van der Waals surface area contributed by atoms with Gasteiger partial charge in [-0.3, -0.25) is 0 Å². The highest BCUT2D eigenvalue weighted by atomic mass is 31.0. The summed E-state index contributed by atoms with van der Waals surface area (Å²) in [7, 11) is 2.80. The summed E-state index contributed by atoms with van der Waals surface area (Å²) in [4.78, 5) is 0. The topological polar surface area (TPSA) is 0 Å². The maximum Gasteiger partial charge on any atom is -0.0381 e. The first-order chi connectivity index (χ1) is 5.77. The average Bonchev–Trinajstić information content (AvgIpc) is 2.02. The van der Waals surface area contributed by atoms with E-state index < -0.39 is 0 Å². The molecule has 0 saturated carbocycles. The Labute approximate surface area is 80.7 Å². The molecule has 0 saturated heterocycles. The summed E-state index contributed by atoms with van der Waals surface area (Å²) in [5.41, 5.74) is 0. The van der Waals surface area contributed by atoms with Crippen LogP contribution in [-0.2, 0) is 0 Å². The van der Waals surface area contributed by atoms with Gasteiger partial charge in [0.2, 0.25) is 0 Å². The van der Waals surface area contributed by atoms with E-state index in [0.29, 0.717) is 0 Å². The second kappa shape index (κ2) is 9.52. The lowest BCUT2D eigenvalue weighted by atomic mass is 10.0. The molecule has 12 heavy (non-hydrogen) atoms. The number of unbranched alkanes of at least 4 members (excludes halogenated alkanes) is 5. The van der Waals surface area contributed by atoms with Gasteiger partial charge in [-0.05, 0) is 18.5 Å². The van der Waals surface area contributed by atoms with Crippen LogP contribution in [0.2, 0.25) is 0 Å². The third-order valence-electron chi connectivity index (χ3n) is 2.24. The molecule has 0 N–H and O–H groups in total. The fraction of sp³-hybridized carbons (Fsp3) is 1.00. The Balaban J connectivity index is 2.82. The van der Waals surface area contributed by atoms with Gasteiger partial charge in [-0.15, -0.1) is 9.24 Å². The van der Waals surface area contributed by atoms with Crippen molar-refractivity contribution in [2.45, 2.75) is 58.8 Å². The van der Waals surface area contributed by atoms with Gasteiger partial charge < -0.3 is 0 Å². The Hall–Kier alpha value is 0.430. The Morgan fingerprint density at radius 2 is 1.33 bits per heavy atom. The summed E-state index contributed by atoms with van der Waals surface area (Å²) in [5, 5.41) is 0. The lowest BCUT2D eigenvalue weighted by Gasteiger charge is -2.03. The van der Waals surface area contributed by atoms with E-state index in [1.807, 2.05) is 0 Å². The van der Waals surface area contributed by atoms with Crippen LogP contribution in [-0.4, -0.2) is 6.16 Å². The Morgan fingerprint density at radius 1 is 0.833 bits per heavy atom. The van der Waals surface area contributed by atoms with E-state index in [4.69, 9.17) is 0 Å². The standard InChI is InChI=1S/C11H25P/c1-11(2)9-7-5-3-4-6-8-10-12/h11H,3-10,12H2,1-2H3. The van der Waals surface area contributed by atoms with Crippen molar-refractivity contribution in [2.24, 2.45) is 5.92 Å². The molecular weight excluding hydrogens is 163 g/mol. The fourth-order valence-corrected chi connectivity index (χ4v) is 1.69. The van der Waals surface area contributed by atoms with E-state index in [1.165, 1.54) is 51.1 Å². The molecule has 0 bridgehead atoms. The molecule has 0 aliphatic heterocycles. The molecule has 1 atom stereocenters. The second-order valence-electron chi connectivity index (χ2n) is 4.09. The zero-order chi connectivity index (χ0) is 9.23. The van der Waals surface area contributed by atoms with Crippen LogP contribution >= 0.6 is 9.24 Å². The summed E-state index contributed by atoms with van der Waals surface area (Å²) >= 11 is 0. The van der Waals surface area contributed by atoms with Crippen LogP contribution in [0.3, 0.4) is 0 Å². The average molecular weight is 188 g/mol. The summed E-state index contributed by atoms with van der Waals surface area (Å²) in [6, 6.07) is 0. The van der Waals surface area contributed by atoms with Crippen LogP contribution in [0.5, 0.6) is 0 Å². The summed E-state index contributed by atoms with van der Waals surface area (Å²) in [6.45, 7) is 4.63. The number of rotatable bonds is 8. The van der Waals surface area contributed by atoms with Gasteiger partial charge in [-0.2, -0.15) is 0 Å². The predicted octanol–water partition coefficient (Wildman–Crippen LogP) is 4.25. The molecule has 0 spiro atoms. The molecule has 0 nitrogen and oxygen atoms in total. The monoisotopic (exact) mass is 188 g/mol. The van der Waals surface area contributed by atoms with E-state index in [2.05, 4.69) is 23.1 Å². The lowest BCUT2D eigenvalue weighted by molar-refractivity contribution is 0.514. The zero-order valence-electron chi connectivity index (χ0n) is 8.81. The molecule has 0 aromatic rings. The maximum absolute atomic E-state index is 2.80. The van der Waals surface area contributed by atoms with Gasteiger partial charge in [-0.25, -0.2) is 0 Å². The number of hydrogen-bond donors (Lipinski definition) is 0. The van der Waals surface area contributed by atoms with Crippen molar-refractivity contribution in [1.82, 2.24) is 0 Å². The molecule has 1 heteroatoms. The van der Waals surface area contributed by atoms with Crippen molar-refractivity contribution in [3.8, 4) is 0 Å². The van der Waals surface area contributed by atoms with Crippen LogP contribution in [0.1, 0.15) is 58.8 Å². The SMILES string of the molecule is CC(C)CCCCCCCCP. The van der Waals surface area contributed by atoms with Gasteiger partial charge in [0.1, 0.15) is 0 Å². The van der Waals surface area contributed by atoms with Crippen LogP contribution < -0.4 is 0 Å². The summed E-state index contributed by atoms with van der Waals surface area (Å²) in [5.74, 6) is 0.900. The Morgan fingerprint density at radius 3 is 1.83 bits per heavy atom. The highest BCUT2D eigenvalue weighted by Crippen LogP contribution is 2.11. The largest absolute Gasteiger partial charge is 0.138 e. The first-order valence-corrected chi connectivity index (χ1v) is 6.29. The normalized spacial score (nSPS) is 11.0. The second-order valence-corrected chi connectivity index (χ2v) is 4.67. The molecule has 0 radical (unpaired) electrons. The van der Waals surface area contributed by atoms with Crippen LogP contribution in [0.4, 0.5) is 0 Å². The van der Waals surface area contributed by atoms with Crippen LogP contribution in [0.25, 0.3) is 0 Å². The van der Waals surface area contributed by atoms with Crippen molar-refractivity contribution in [3.05, 3.63) is 0 Å². The molecule has 0 aliphatic carbocycles. The molecule has 74 valence electrons. The lowest BCUT2D eigenvalue weighted by Crippen LogP contribution is -1.87. The van der Waals surface area contributed by atoms with Crippen molar-refractivity contribution in [3.63, 3.8) is 0 Å². The van der Waals surface area contributed by atoms with Crippen LogP contribution in [0.15, 0.2) is 0 Å². The minimum atomic E-state index is 0.900. The van der Waals surface area contributed by atoms with Gasteiger partial charge in [0.05, 0.1) is 0 Å². The van der Waals surface area contributed by atoms with E-state index in [9.17, 15) is 0 Å². The Kier molecular flexibility index (Phi) is 9.86. The summed E-state index contributed by atoms with van der Waals surface area (Å²) < 4.78 is 0. The molecule has 0 aliphatic rings.